The van der Waals surface area contributed by atoms with Crippen LogP contribution in [0.3, 0.4) is 0 Å². The molecule has 170 valence electrons. The first kappa shape index (κ1) is 22.7. The van der Waals surface area contributed by atoms with Crippen LogP contribution in [-0.4, -0.2) is 39.0 Å². The first-order valence-corrected chi connectivity index (χ1v) is 10.6. The summed E-state index contributed by atoms with van der Waals surface area (Å²) in [7, 11) is 0. The Balaban J connectivity index is 1.42. The smallest absolute Gasteiger partial charge is 0.309 e. The molecule has 0 saturated carbocycles. The van der Waals surface area contributed by atoms with Crippen molar-refractivity contribution in [3.63, 3.8) is 0 Å². The van der Waals surface area contributed by atoms with Gasteiger partial charge in [-0.3, -0.25) is 25.2 Å². The molecule has 1 aromatic heterocycles. The summed E-state index contributed by atoms with van der Waals surface area (Å²) in [6, 6.07) is 25.0. The molecule has 0 aliphatic heterocycles. The van der Waals surface area contributed by atoms with Gasteiger partial charge in [-0.1, -0.05) is 72.3 Å². The normalized spacial score (nSPS) is 10.4. The fourth-order valence-electron chi connectivity index (χ4n) is 3.06. The zero-order valence-corrected chi connectivity index (χ0v) is 18.5. The van der Waals surface area contributed by atoms with Gasteiger partial charge in [0.2, 0.25) is 5.82 Å². The van der Waals surface area contributed by atoms with E-state index in [-0.39, 0.29) is 23.0 Å². The number of para-hydroxylation sites is 1. The Labute approximate surface area is 199 Å². The molecule has 4 rings (SSSR count). The van der Waals surface area contributed by atoms with Crippen molar-refractivity contribution < 1.29 is 14.4 Å². The summed E-state index contributed by atoms with van der Waals surface area (Å²) in [5.74, 6) is -1.53. The average molecular weight is 475 g/mol. The van der Waals surface area contributed by atoms with Gasteiger partial charge in [0.25, 0.3) is 11.8 Å². The summed E-state index contributed by atoms with van der Waals surface area (Å²) in [5.41, 5.74) is 6.23. The van der Waals surface area contributed by atoms with E-state index in [9.17, 15) is 14.4 Å². The molecule has 0 aliphatic carbocycles. The van der Waals surface area contributed by atoms with Crippen molar-refractivity contribution in [3.8, 4) is 17.1 Å². The molecule has 1 heterocycles. The molecule has 0 saturated heterocycles. The third-order valence-corrected chi connectivity index (χ3v) is 5.02. The van der Waals surface area contributed by atoms with Crippen LogP contribution in [-0.2, 0) is 4.79 Å². The highest BCUT2D eigenvalue weighted by Crippen LogP contribution is 2.21. The van der Waals surface area contributed by atoms with Crippen LogP contribution in [0.1, 0.15) is 21.0 Å². The SMILES string of the molecule is O=C(CNC(=O)c1ccccc1Cl)NNC(=O)c1nc(-c2ccccc2)n(-c2ccccc2)n1. The second-order valence-corrected chi connectivity index (χ2v) is 7.44. The van der Waals surface area contributed by atoms with Crippen molar-refractivity contribution in [2.45, 2.75) is 0 Å². The topological polar surface area (TPSA) is 118 Å². The van der Waals surface area contributed by atoms with Gasteiger partial charge in [-0.15, -0.1) is 5.10 Å². The maximum absolute atomic E-state index is 12.6. The van der Waals surface area contributed by atoms with Crippen LogP contribution in [0.25, 0.3) is 17.1 Å². The minimum absolute atomic E-state index is 0.136. The third kappa shape index (κ3) is 5.28. The van der Waals surface area contributed by atoms with E-state index in [1.165, 1.54) is 6.07 Å². The molecule has 0 spiro atoms. The van der Waals surface area contributed by atoms with Gasteiger partial charge in [-0.2, -0.15) is 0 Å². The molecule has 3 aromatic carbocycles. The van der Waals surface area contributed by atoms with Crippen molar-refractivity contribution >= 4 is 29.3 Å². The van der Waals surface area contributed by atoms with Crippen LogP contribution < -0.4 is 16.2 Å². The number of halogens is 1. The lowest BCUT2D eigenvalue weighted by Crippen LogP contribution is -2.46. The van der Waals surface area contributed by atoms with Crippen LogP contribution >= 0.6 is 11.6 Å². The van der Waals surface area contributed by atoms with Crippen molar-refractivity contribution in [3.05, 3.63) is 101 Å². The molecular weight excluding hydrogens is 456 g/mol. The highest BCUT2D eigenvalue weighted by molar-refractivity contribution is 6.33. The quantitative estimate of drug-likeness (QED) is 0.371. The van der Waals surface area contributed by atoms with Gasteiger partial charge < -0.3 is 5.32 Å². The number of carbonyl (C=O) groups excluding carboxylic acids is 3. The van der Waals surface area contributed by atoms with Crippen molar-refractivity contribution in [1.29, 1.82) is 0 Å². The van der Waals surface area contributed by atoms with Gasteiger partial charge in [0, 0.05) is 5.56 Å². The molecule has 0 atom stereocenters. The summed E-state index contributed by atoms with van der Waals surface area (Å²) in [6.07, 6.45) is 0. The predicted molar refractivity (Wildman–Crippen MR) is 126 cm³/mol. The predicted octanol–water partition coefficient (Wildman–Crippen LogP) is 2.78. The zero-order valence-electron chi connectivity index (χ0n) is 17.7. The molecular formula is C24H19ClN6O3. The second-order valence-electron chi connectivity index (χ2n) is 7.04. The summed E-state index contributed by atoms with van der Waals surface area (Å²) >= 11 is 5.97. The van der Waals surface area contributed by atoms with Crippen molar-refractivity contribution in [2.75, 3.05) is 6.54 Å². The van der Waals surface area contributed by atoms with Crippen molar-refractivity contribution in [1.82, 2.24) is 30.9 Å². The Morgan fingerprint density at radius 1 is 0.794 bits per heavy atom. The molecule has 0 radical (unpaired) electrons. The Hall–Kier alpha value is -4.50. The second kappa shape index (κ2) is 10.4. The molecule has 0 bridgehead atoms. The van der Waals surface area contributed by atoms with E-state index in [0.717, 1.165) is 11.3 Å². The molecule has 3 N–H and O–H groups in total. The fourth-order valence-corrected chi connectivity index (χ4v) is 3.28. The number of rotatable bonds is 6. The minimum atomic E-state index is -0.711. The van der Waals surface area contributed by atoms with Crippen LogP contribution in [0.5, 0.6) is 0 Å². The molecule has 9 nitrogen and oxygen atoms in total. The highest BCUT2D eigenvalue weighted by Gasteiger charge is 2.19. The van der Waals surface area contributed by atoms with Crippen LogP contribution in [0, 0.1) is 0 Å². The van der Waals surface area contributed by atoms with E-state index in [0.29, 0.717) is 5.82 Å². The first-order chi connectivity index (χ1) is 16.5. The molecule has 3 amide bonds. The Kier molecular flexibility index (Phi) is 6.95. The maximum Gasteiger partial charge on any atom is 0.309 e. The number of hydrogen-bond donors (Lipinski definition) is 3. The maximum atomic E-state index is 12.6. The number of aromatic nitrogens is 3. The zero-order chi connectivity index (χ0) is 23.9. The summed E-state index contributed by atoms with van der Waals surface area (Å²) in [4.78, 5) is 41.2. The standard InChI is InChI=1S/C24H19ClN6O3/c25-19-14-8-7-13-18(19)23(33)26-15-20(32)28-29-24(34)21-27-22(16-9-3-1-4-10-16)31(30-21)17-11-5-2-6-12-17/h1-14H,15H2,(H,26,33)(H,28,32)(H,29,34). The Bertz CT molecular complexity index is 1270. The summed E-state index contributed by atoms with van der Waals surface area (Å²) < 4.78 is 1.55. The van der Waals surface area contributed by atoms with Crippen LogP contribution in [0.2, 0.25) is 5.02 Å². The largest absolute Gasteiger partial charge is 0.343 e. The van der Waals surface area contributed by atoms with E-state index in [1.807, 2.05) is 60.7 Å². The third-order valence-electron chi connectivity index (χ3n) is 4.69. The van der Waals surface area contributed by atoms with E-state index in [2.05, 4.69) is 26.3 Å². The number of hydrazine groups is 1. The van der Waals surface area contributed by atoms with Crippen LogP contribution in [0.15, 0.2) is 84.9 Å². The van der Waals surface area contributed by atoms with Crippen molar-refractivity contribution in [2.24, 2.45) is 0 Å². The van der Waals surface area contributed by atoms with E-state index >= 15 is 0 Å². The van der Waals surface area contributed by atoms with Gasteiger partial charge in [-0.05, 0) is 24.3 Å². The minimum Gasteiger partial charge on any atom is -0.343 e. The van der Waals surface area contributed by atoms with Gasteiger partial charge in [0.05, 0.1) is 22.8 Å². The lowest BCUT2D eigenvalue weighted by Gasteiger charge is -2.08. The fraction of sp³-hybridized carbons (Fsp3) is 0.0417. The van der Waals surface area contributed by atoms with Gasteiger partial charge >= 0.3 is 5.91 Å². The van der Waals surface area contributed by atoms with Gasteiger partial charge in [0.15, 0.2) is 5.82 Å². The molecule has 0 fully saturated rings. The highest BCUT2D eigenvalue weighted by atomic mass is 35.5. The number of amides is 3. The first-order valence-electron chi connectivity index (χ1n) is 10.2. The molecule has 0 aliphatic rings. The molecule has 4 aromatic rings. The Morgan fingerprint density at radius 3 is 2.15 bits per heavy atom. The van der Waals surface area contributed by atoms with E-state index in [4.69, 9.17) is 11.6 Å². The van der Waals surface area contributed by atoms with E-state index < -0.39 is 17.7 Å². The van der Waals surface area contributed by atoms with E-state index in [1.54, 1.807) is 22.9 Å². The molecule has 34 heavy (non-hydrogen) atoms. The average Bonchev–Trinajstić information content (AvgIpc) is 3.33. The van der Waals surface area contributed by atoms with Gasteiger partial charge in [0.1, 0.15) is 0 Å². The monoisotopic (exact) mass is 474 g/mol. The number of nitrogens with one attached hydrogen (secondary N) is 3. The number of benzene rings is 3. The molecule has 10 heteroatoms. The number of hydrogen-bond acceptors (Lipinski definition) is 5. The lowest BCUT2D eigenvalue weighted by atomic mass is 10.2. The summed E-state index contributed by atoms with van der Waals surface area (Å²) in [6.45, 7) is -0.370. The molecule has 0 unspecified atom stereocenters. The lowest BCUT2D eigenvalue weighted by molar-refractivity contribution is -0.120. The Morgan fingerprint density at radius 2 is 1.44 bits per heavy atom. The number of nitrogens with zero attached hydrogens (tertiary/aromatic N) is 3. The van der Waals surface area contributed by atoms with Gasteiger partial charge in [-0.25, -0.2) is 9.67 Å². The van der Waals surface area contributed by atoms with Crippen LogP contribution in [0.4, 0.5) is 0 Å². The number of carbonyl (C=O) groups is 3. The summed E-state index contributed by atoms with van der Waals surface area (Å²) in [5, 5.41) is 7.02.